The molecule has 2 rings (SSSR count). The second kappa shape index (κ2) is 6.15. The van der Waals surface area contributed by atoms with E-state index in [2.05, 4.69) is 0 Å². The van der Waals surface area contributed by atoms with Gasteiger partial charge in [-0.25, -0.2) is 8.42 Å². The van der Waals surface area contributed by atoms with Crippen molar-refractivity contribution in [1.29, 1.82) is 0 Å². The monoisotopic (exact) mass is 311 g/mol. The Labute approximate surface area is 123 Å². The maximum Gasteiger partial charge on any atom is 0.183 e. The Morgan fingerprint density at radius 2 is 1.80 bits per heavy atom. The number of sulfone groups is 1. The Morgan fingerprint density at radius 3 is 2.45 bits per heavy atom. The molecular weight excluding hydrogens is 298 g/mol. The van der Waals surface area contributed by atoms with Gasteiger partial charge >= 0.3 is 0 Å². The van der Waals surface area contributed by atoms with E-state index in [0.29, 0.717) is 10.8 Å². The second-order valence-corrected chi connectivity index (χ2v) is 6.68. The van der Waals surface area contributed by atoms with Crippen LogP contribution in [-0.4, -0.2) is 20.8 Å². The SMILES string of the molecule is Nc1cc(Cl)ccc1S(=O)(=O)CCOc1ccccc1. The van der Waals surface area contributed by atoms with Crippen LogP contribution in [0.1, 0.15) is 0 Å². The van der Waals surface area contributed by atoms with Crippen molar-refractivity contribution in [3.8, 4) is 5.75 Å². The lowest BCUT2D eigenvalue weighted by Crippen LogP contribution is -2.15. The molecule has 0 spiro atoms. The molecule has 0 heterocycles. The first-order valence-corrected chi connectivity index (χ1v) is 7.98. The Balaban J connectivity index is 2.04. The molecule has 20 heavy (non-hydrogen) atoms. The molecule has 4 nitrogen and oxygen atoms in total. The lowest BCUT2D eigenvalue weighted by Gasteiger charge is -2.09. The van der Waals surface area contributed by atoms with Gasteiger partial charge in [-0.3, -0.25) is 0 Å². The highest BCUT2D eigenvalue weighted by Gasteiger charge is 2.17. The molecule has 2 aromatic rings. The standard InChI is InChI=1S/C14H14ClNO3S/c15-11-6-7-14(13(16)10-11)20(17,18)9-8-19-12-4-2-1-3-5-12/h1-7,10H,8-9,16H2. The van der Waals surface area contributed by atoms with Gasteiger partial charge in [-0.2, -0.15) is 0 Å². The van der Waals surface area contributed by atoms with E-state index in [-0.39, 0.29) is 22.9 Å². The van der Waals surface area contributed by atoms with Gasteiger partial charge in [0.25, 0.3) is 0 Å². The number of benzene rings is 2. The van der Waals surface area contributed by atoms with Crippen LogP contribution >= 0.6 is 11.6 Å². The zero-order valence-corrected chi connectivity index (χ0v) is 12.2. The lowest BCUT2D eigenvalue weighted by molar-refractivity contribution is 0.341. The van der Waals surface area contributed by atoms with E-state index in [1.54, 1.807) is 12.1 Å². The fourth-order valence-corrected chi connectivity index (χ4v) is 3.10. The predicted octanol–water partition coefficient (Wildman–Crippen LogP) is 2.77. The first-order chi connectivity index (χ1) is 9.49. The molecule has 0 radical (unpaired) electrons. The first kappa shape index (κ1) is 14.7. The van der Waals surface area contributed by atoms with Crippen LogP contribution in [0.2, 0.25) is 5.02 Å². The van der Waals surface area contributed by atoms with Gasteiger partial charge < -0.3 is 10.5 Å². The smallest absolute Gasteiger partial charge is 0.183 e. The number of ether oxygens (including phenoxy) is 1. The van der Waals surface area contributed by atoms with Gasteiger partial charge in [0.15, 0.2) is 9.84 Å². The van der Waals surface area contributed by atoms with Crippen LogP contribution in [-0.2, 0) is 9.84 Å². The average Bonchev–Trinajstić information content (AvgIpc) is 2.39. The van der Waals surface area contributed by atoms with Crippen LogP contribution in [0.5, 0.6) is 5.75 Å². The highest BCUT2D eigenvalue weighted by atomic mass is 35.5. The van der Waals surface area contributed by atoms with Crippen molar-refractivity contribution in [2.24, 2.45) is 0 Å². The molecule has 0 aliphatic heterocycles. The van der Waals surface area contributed by atoms with Gasteiger partial charge in [0, 0.05) is 5.02 Å². The number of hydrogen-bond donors (Lipinski definition) is 1. The molecule has 0 aromatic heterocycles. The number of nitrogen functional groups attached to an aromatic ring is 1. The maximum atomic E-state index is 12.2. The van der Waals surface area contributed by atoms with E-state index in [9.17, 15) is 8.42 Å². The van der Waals surface area contributed by atoms with Gasteiger partial charge in [-0.05, 0) is 30.3 Å². The van der Waals surface area contributed by atoms with Crippen LogP contribution in [0, 0.1) is 0 Å². The molecule has 0 aliphatic rings. The minimum atomic E-state index is -3.49. The third-order valence-corrected chi connectivity index (χ3v) is 4.65. The second-order valence-electron chi connectivity index (χ2n) is 4.16. The summed E-state index contributed by atoms with van der Waals surface area (Å²) in [5.74, 6) is 0.486. The van der Waals surface area contributed by atoms with Crippen molar-refractivity contribution < 1.29 is 13.2 Å². The molecule has 0 atom stereocenters. The molecule has 0 fully saturated rings. The Bertz CT molecular complexity index is 687. The Morgan fingerprint density at radius 1 is 1.10 bits per heavy atom. The molecule has 6 heteroatoms. The molecule has 0 bridgehead atoms. The zero-order chi connectivity index (χ0) is 14.6. The number of halogens is 1. The molecule has 2 N–H and O–H groups in total. The predicted molar refractivity (Wildman–Crippen MR) is 79.9 cm³/mol. The van der Waals surface area contributed by atoms with Crippen molar-refractivity contribution in [3.05, 3.63) is 53.6 Å². The van der Waals surface area contributed by atoms with E-state index >= 15 is 0 Å². The lowest BCUT2D eigenvalue weighted by atomic mass is 10.3. The molecule has 0 aliphatic carbocycles. The minimum Gasteiger partial charge on any atom is -0.493 e. The maximum absolute atomic E-state index is 12.2. The zero-order valence-electron chi connectivity index (χ0n) is 10.6. The molecule has 2 aromatic carbocycles. The summed E-state index contributed by atoms with van der Waals surface area (Å²) in [4.78, 5) is 0.0820. The topological polar surface area (TPSA) is 69.4 Å². The largest absolute Gasteiger partial charge is 0.493 e. The number of rotatable bonds is 5. The Hall–Kier alpha value is -1.72. The van der Waals surface area contributed by atoms with Crippen LogP contribution in [0.4, 0.5) is 5.69 Å². The van der Waals surface area contributed by atoms with E-state index < -0.39 is 9.84 Å². The number of para-hydroxylation sites is 1. The third kappa shape index (κ3) is 3.65. The normalized spacial score (nSPS) is 11.2. The van der Waals surface area contributed by atoms with Gasteiger partial charge in [-0.1, -0.05) is 29.8 Å². The van der Waals surface area contributed by atoms with Gasteiger partial charge in [0.1, 0.15) is 12.4 Å². The number of hydrogen-bond acceptors (Lipinski definition) is 4. The molecule has 0 saturated heterocycles. The van der Waals surface area contributed by atoms with Gasteiger partial charge in [0.2, 0.25) is 0 Å². The van der Waals surface area contributed by atoms with E-state index in [1.807, 2.05) is 18.2 Å². The molecule has 0 unspecified atom stereocenters. The highest BCUT2D eigenvalue weighted by molar-refractivity contribution is 7.91. The summed E-state index contributed by atoms with van der Waals surface area (Å²) in [6.45, 7) is 0.0639. The summed E-state index contributed by atoms with van der Waals surface area (Å²) in [6.07, 6.45) is 0. The first-order valence-electron chi connectivity index (χ1n) is 5.95. The van der Waals surface area contributed by atoms with E-state index in [0.717, 1.165) is 0 Å². The molecule has 0 amide bonds. The van der Waals surface area contributed by atoms with Gasteiger partial charge in [-0.15, -0.1) is 0 Å². The van der Waals surface area contributed by atoms with Crippen molar-refractivity contribution in [2.45, 2.75) is 4.90 Å². The summed E-state index contributed by atoms with van der Waals surface area (Å²) < 4.78 is 29.7. The van der Waals surface area contributed by atoms with Crippen molar-refractivity contribution in [1.82, 2.24) is 0 Å². The average molecular weight is 312 g/mol. The number of nitrogens with two attached hydrogens (primary N) is 1. The van der Waals surface area contributed by atoms with Crippen LogP contribution in [0.15, 0.2) is 53.4 Å². The molecule has 0 saturated carbocycles. The number of anilines is 1. The summed E-state index contributed by atoms with van der Waals surface area (Å²) in [7, 11) is -3.49. The summed E-state index contributed by atoms with van der Waals surface area (Å²) >= 11 is 5.75. The fourth-order valence-electron chi connectivity index (χ4n) is 1.70. The fraction of sp³-hybridized carbons (Fsp3) is 0.143. The van der Waals surface area contributed by atoms with Crippen LogP contribution in [0.25, 0.3) is 0 Å². The van der Waals surface area contributed by atoms with Gasteiger partial charge in [0.05, 0.1) is 16.3 Å². The Kier molecular flexibility index (Phi) is 4.52. The van der Waals surface area contributed by atoms with Crippen molar-refractivity contribution in [3.63, 3.8) is 0 Å². The van der Waals surface area contributed by atoms with Crippen LogP contribution < -0.4 is 10.5 Å². The summed E-state index contributed by atoms with van der Waals surface area (Å²) in [5.41, 5.74) is 5.84. The third-order valence-electron chi connectivity index (χ3n) is 2.67. The van der Waals surface area contributed by atoms with E-state index in [4.69, 9.17) is 22.1 Å². The molecular formula is C14H14ClNO3S. The van der Waals surface area contributed by atoms with Crippen molar-refractivity contribution in [2.75, 3.05) is 18.1 Å². The summed E-state index contributed by atoms with van der Waals surface area (Å²) in [6, 6.07) is 13.4. The van der Waals surface area contributed by atoms with Crippen molar-refractivity contribution >= 4 is 27.1 Å². The molecule has 106 valence electrons. The van der Waals surface area contributed by atoms with Crippen LogP contribution in [0.3, 0.4) is 0 Å². The quantitative estimate of drug-likeness (QED) is 0.862. The summed E-state index contributed by atoms with van der Waals surface area (Å²) in [5, 5.41) is 0.405. The highest BCUT2D eigenvalue weighted by Crippen LogP contribution is 2.23. The van der Waals surface area contributed by atoms with E-state index in [1.165, 1.54) is 18.2 Å². The minimum absolute atomic E-state index is 0.0639.